The summed E-state index contributed by atoms with van der Waals surface area (Å²) >= 11 is 0. The minimum Gasteiger partial charge on any atom is -0.389 e. The Hall–Kier alpha value is -1.59. The fourth-order valence-electron chi connectivity index (χ4n) is 3.31. The number of piperidine rings is 3. The number of aliphatic hydroxyl groups excluding tert-OH is 1. The summed E-state index contributed by atoms with van der Waals surface area (Å²) in [5.41, 5.74) is 1.59. The number of hydrogen-bond donors (Lipinski definition) is 3. The summed E-state index contributed by atoms with van der Waals surface area (Å²) in [6.45, 7) is 5.04. The summed E-state index contributed by atoms with van der Waals surface area (Å²) in [6.07, 6.45) is 1.89. The Bertz CT molecular complexity index is 493. The predicted molar refractivity (Wildman–Crippen MR) is 82.2 cm³/mol. The second kappa shape index (κ2) is 6.03. The molecule has 1 aromatic carbocycles. The first kappa shape index (κ1) is 14.4. The zero-order chi connectivity index (χ0) is 14.8. The first-order valence-corrected chi connectivity index (χ1v) is 7.70. The molecule has 3 saturated heterocycles. The van der Waals surface area contributed by atoms with Gasteiger partial charge in [0.05, 0.1) is 6.10 Å². The average Bonchev–Trinajstić information content (AvgIpc) is 2.49. The van der Waals surface area contributed by atoms with Crippen molar-refractivity contribution in [2.24, 2.45) is 5.92 Å². The molecule has 0 aromatic heterocycles. The molecule has 3 heterocycles. The Morgan fingerprint density at radius 1 is 1.29 bits per heavy atom. The van der Waals surface area contributed by atoms with Gasteiger partial charge in [-0.15, -0.1) is 0 Å². The van der Waals surface area contributed by atoms with Crippen molar-refractivity contribution in [1.82, 2.24) is 10.2 Å². The van der Waals surface area contributed by atoms with Crippen molar-refractivity contribution in [3.8, 4) is 0 Å². The van der Waals surface area contributed by atoms with Crippen LogP contribution in [0, 0.1) is 5.92 Å². The van der Waals surface area contributed by atoms with Gasteiger partial charge in [0.15, 0.2) is 0 Å². The highest BCUT2D eigenvalue weighted by Crippen LogP contribution is 2.27. The van der Waals surface area contributed by atoms with E-state index in [1.54, 1.807) is 6.92 Å². The van der Waals surface area contributed by atoms with Gasteiger partial charge < -0.3 is 20.6 Å². The number of benzene rings is 1. The summed E-state index contributed by atoms with van der Waals surface area (Å²) in [6, 6.07) is 7.42. The summed E-state index contributed by atoms with van der Waals surface area (Å²) in [5.74, 6) is 0.623. The number of nitrogens with zero attached hydrogens (tertiary/aromatic N) is 1. The Labute approximate surface area is 125 Å². The van der Waals surface area contributed by atoms with Crippen LogP contribution in [-0.2, 0) is 0 Å². The minimum atomic E-state index is -0.486. The summed E-state index contributed by atoms with van der Waals surface area (Å²) in [7, 11) is 0. The van der Waals surface area contributed by atoms with Crippen molar-refractivity contribution in [3.05, 3.63) is 29.8 Å². The van der Waals surface area contributed by atoms with Crippen LogP contribution in [0.5, 0.6) is 0 Å². The van der Waals surface area contributed by atoms with Crippen LogP contribution in [-0.4, -0.2) is 41.7 Å². The van der Waals surface area contributed by atoms with Gasteiger partial charge in [-0.2, -0.15) is 0 Å². The maximum atomic E-state index is 12.1. The highest BCUT2D eigenvalue weighted by atomic mass is 16.3. The minimum absolute atomic E-state index is 0.140. The average molecular weight is 289 g/mol. The van der Waals surface area contributed by atoms with E-state index >= 15 is 0 Å². The third kappa shape index (κ3) is 3.36. The number of amides is 2. The molecule has 3 fully saturated rings. The molecule has 0 spiro atoms. The van der Waals surface area contributed by atoms with E-state index in [-0.39, 0.29) is 12.1 Å². The number of anilines is 1. The molecule has 1 aromatic rings. The van der Waals surface area contributed by atoms with Crippen molar-refractivity contribution in [3.63, 3.8) is 0 Å². The van der Waals surface area contributed by atoms with Gasteiger partial charge in [-0.1, -0.05) is 12.1 Å². The largest absolute Gasteiger partial charge is 0.389 e. The number of fused-ring (bicyclic) bond motifs is 3. The van der Waals surface area contributed by atoms with Crippen LogP contribution in [0.1, 0.15) is 31.4 Å². The molecule has 0 aliphatic carbocycles. The van der Waals surface area contributed by atoms with Gasteiger partial charge in [0.25, 0.3) is 0 Å². The molecule has 2 unspecified atom stereocenters. The molecule has 3 aliphatic heterocycles. The maximum Gasteiger partial charge on any atom is 0.319 e. The monoisotopic (exact) mass is 289 g/mol. The molecule has 114 valence electrons. The Morgan fingerprint density at radius 2 is 1.95 bits per heavy atom. The second-order valence-corrected chi connectivity index (χ2v) is 6.14. The van der Waals surface area contributed by atoms with Crippen LogP contribution in [0.25, 0.3) is 0 Å². The molecule has 3 N–H and O–H groups in total. The van der Waals surface area contributed by atoms with Crippen molar-refractivity contribution in [2.45, 2.75) is 31.9 Å². The van der Waals surface area contributed by atoms with Crippen molar-refractivity contribution in [1.29, 1.82) is 0 Å². The number of aliphatic hydroxyl groups is 1. The van der Waals surface area contributed by atoms with Crippen molar-refractivity contribution in [2.75, 3.05) is 25.0 Å². The first-order valence-electron chi connectivity index (χ1n) is 7.70. The third-order valence-corrected chi connectivity index (χ3v) is 4.62. The van der Waals surface area contributed by atoms with Crippen molar-refractivity contribution < 1.29 is 9.90 Å². The van der Waals surface area contributed by atoms with E-state index in [1.165, 1.54) is 25.9 Å². The van der Waals surface area contributed by atoms with Crippen LogP contribution in [0.3, 0.4) is 0 Å². The zero-order valence-electron chi connectivity index (χ0n) is 12.4. The van der Waals surface area contributed by atoms with Crippen LogP contribution < -0.4 is 10.6 Å². The molecule has 2 amide bonds. The fourth-order valence-corrected chi connectivity index (χ4v) is 3.31. The summed E-state index contributed by atoms with van der Waals surface area (Å²) in [4.78, 5) is 14.5. The maximum absolute atomic E-state index is 12.1. The Morgan fingerprint density at radius 3 is 2.48 bits per heavy atom. The number of carbonyl (C=O) groups is 1. The third-order valence-electron chi connectivity index (χ3n) is 4.62. The van der Waals surface area contributed by atoms with E-state index in [1.807, 2.05) is 24.3 Å². The van der Waals surface area contributed by atoms with Gasteiger partial charge in [0.2, 0.25) is 0 Å². The van der Waals surface area contributed by atoms with Crippen molar-refractivity contribution >= 4 is 11.7 Å². The molecule has 5 heteroatoms. The molecule has 3 aliphatic rings. The van der Waals surface area contributed by atoms with E-state index in [0.29, 0.717) is 5.92 Å². The van der Waals surface area contributed by atoms with Gasteiger partial charge in [-0.05, 0) is 56.5 Å². The molecule has 0 radical (unpaired) electrons. The normalized spacial score (nSPS) is 29.0. The van der Waals surface area contributed by atoms with Crippen LogP contribution in [0.4, 0.5) is 10.5 Å². The quantitative estimate of drug-likeness (QED) is 0.797. The SMILES string of the molecule is CC(O)c1ccc(NC(=O)NC2CN3CCC2CC3)cc1. The fraction of sp³-hybridized carbons (Fsp3) is 0.562. The number of nitrogens with one attached hydrogen (secondary N) is 2. The zero-order valence-corrected chi connectivity index (χ0v) is 12.4. The topological polar surface area (TPSA) is 64.6 Å². The lowest BCUT2D eigenvalue weighted by molar-refractivity contribution is 0.0777. The number of hydrogen-bond acceptors (Lipinski definition) is 3. The van der Waals surface area contributed by atoms with Gasteiger partial charge in [0.1, 0.15) is 0 Å². The molecule has 0 saturated carbocycles. The molecule has 2 bridgehead atoms. The van der Waals surface area contributed by atoms with E-state index in [2.05, 4.69) is 15.5 Å². The molecule has 2 atom stereocenters. The molecule has 5 nitrogen and oxygen atoms in total. The van der Waals surface area contributed by atoms with Crippen LogP contribution >= 0.6 is 0 Å². The van der Waals surface area contributed by atoms with E-state index in [0.717, 1.165) is 17.8 Å². The standard InChI is InChI=1S/C16H23N3O2/c1-11(20)12-2-4-14(5-3-12)17-16(21)18-15-10-19-8-6-13(15)7-9-19/h2-5,11,13,15,20H,6-10H2,1H3,(H2,17,18,21). The lowest BCUT2D eigenvalue weighted by Crippen LogP contribution is -2.57. The summed E-state index contributed by atoms with van der Waals surface area (Å²) < 4.78 is 0. The second-order valence-electron chi connectivity index (χ2n) is 6.14. The first-order chi connectivity index (χ1) is 10.1. The lowest BCUT2D eigenvalue weighted by Gasteiger charge is -2.44. The van der Waals surface area contributed by atoms with Crippen LogP contribution in [0.2, 0.25) is 0 Å². The molecule has 4 rings (SSSR count). The summed E-state index contributed by atoms with van der Waals surface area (Å²) in [5, 5.41) is 15.4. The van der Waals surface area contributed by atoms with E-state index < -0.39 is 6.10 Å². The number of rotatable bonds is 3. The van der Waals surface area contributed by atoms with Gasteiger partial charge >= 0.3 is 6.03 Å². The van der Waals surface area contributed by atoms with Gasteiger partial charge in [-0.3, -0.25) is 0 Å². The highest BCUT2D eigenvalue weighted by Gasteiger charge is 2.34. The number of urea groups is 1. The molecular formula is C16H23N3O2. The van der Waals surface area contributed by atoms with E-state index in [9.17, 15) is 9.90 Å². The van der Waals surface area contributed by atoms with Gasteiger partial charge in [0, 0.05) is 18.3 Å². The Kier molecular flexibility index (Phi) is 4.12. The number of carbonyl (C=O) groups excluding carboxylic acids is 1. The molecule has 21 heavy (non-hydrogen) atoms. The van der Waals surface area contributed by atoms with E-state index in [4.69, 9.17) is 0 Å². The van der Waals surface area contributed by atoms with Crippen LogP contribution in [0.15, 0.2) is 24.3 Å². The molecular weight excluding hydrogens is 266 g/mol. The smallest absolute Gasteiger partial charge is 0.319 e. The van der Waals surface area contributed by atoms with Gasteiger partial charge in [-0.25, -0.2) is 4.79 Å². The lowest BCUT2D eigenvalue weighted by atomic mass is 9.84. The Balaban J connectivity index is 1.54. The predicted octanol–water partition coefficient (Wildman–Crippen LogP) is 1.96. The highest BCUT2D eigenvalue weighted by molar-refractivity contribution is 5.89.